The van der Waals surface area contributed by atoms with E-state index in [0.29, 0.717) is 6.04 Å². The molecule has 19 heavy (non-hydrogen) atoms. The van der Waals surface area contributed by atoms with Crippen molar-refractivity contribution in [1.29, 1.82) is 0 Å². The Labute approximate surface area is 125 Å². The van der Waals surface area contributed by atoms with Gasteiger partial charge in [0, 0.05) is 0 Å². The van der Waals surface area contributed by atoms with E-state index in [-0.39, 0.29) is 0 Å². The average Bonchev–Trinajstić information content (AvgIpc) is 2.84. The SMILES string of the molecule is CCCC1CCC(C(NCC)c2occc2Br)CC1. The topological polar surface area (TPSA) is 25.2 Å². The van der Waals surface area contributed by atoms with Crippen LogP contribution in [0.3, 0.4) is 0 Å². The molecule has 0 bridgehead atoms. The molecule has 1 N–H and O–H groups in total. The molecule has 3 heteroatoms. The van der Waals surface area contributed by atoms with Crippen molar-refractivity contribution in [2.75, 3.05) is 6.54 Å². The van der Waals surface area contributed by atoms with Crippen LogP contribution in [0.2, 0.25) is 0 Å². The Morgan fingerprint density at radius 3 is 2.58 bits per heavy atom. The van der Waals surface area contributed by atoms with Crippen LogP contribution in [0, 0.1) is 11.8 Å². The highest BCUT2D eigenvalue weighted by Crippen LogP contribution is 2.40. The highest BCUT2D eigenvalue weighted by Gasteiger charge is 2.30. The second-order valence-corrected chi connectivity index (χ2v) is 6.59. The smallest absolute Gasteiger partial charge is 0.135 e. The lowest BCUT2D eigenvalue weighted by atomic mass is 9.76. The predicted octanol–water partition coefficient (Wildman–Crippen LogP) is 5.30. The van der Waals surface area contributed by atoms with Crippen molar-refractivity contribution < 1.29 is 4.42 Å². The van der Waals surface area contributed by atoms with E-state index < -0.39 is 0 Å². The second-order valence-electron chi connectivity index (χ2n) is 5.74. The number of nitrogens with one attached hydrogen (secondary N) is 1. The molecular formula is C16H26BrNO. The van der Waals surface area contributed by atoms with Crippen molar-refractivity contribution >= 4 is 15.9 Å². The Morgan fingerprint density at radius 2 is 2.05 bits per heavy atom. The average molecular weight is 328 g/mol. The number of halogens is 1. The van der Waals surface area contributed by atoms with Crippen LogP contribution in [0.4, 0.5) is 0 Å². The normalized spacial score (nSPS) is 25.4. The fourth-order valence-electron chi connectivity index (χ4n) is 3.44. The molecule has 1 unspecified atom stereocenters. The van der Waals surface area contributed by atoms with Crippen LogP contribution in [0.25, 0.3) is 0 Å². The van der Waals surface area contributed by atoms with Crippen LogP contribution >= 0.6 is 15.9 Å². The van der Waals surface area contributed by atoms with E-state index in [4.69, 9.17) is 4.42 Å². The van der Waals surface area contributed by atoms with E-state index in [1.54, 1.807) is 6.26 Å². The monoisotopic (exact) mass is 327 g/mol. The summed E-state index contributed by atoms with van der Waals surface area (Å²) < 4.78 is 6.80. The molecule has 1 aliphatic rings. The fourth-order valence-corrected chi connectivity index (χ4v) is 3.89. The molecule has 0 spiro atoms. The van der Waals surface area contributed by atoms with E-state index in [9.17, 15) is 0 Å². The summed E-state index contributed by atoms with van der Waals surface area (Å²) in [5.41, 5.74) is 0. The molecule has 2 nitrogen and oxygen atoms in total. The zero-order chi connectivity index (χ0) is 13.7. The van der Waals surface area contributed by atoms with Gasteiger partial charge >= 0.3 is 0 Å². The molecule has 1 atom stereocenters. The molecule has 108 valence electrons. The molecule has 0 aromatic carbocycles. The van der Waals surface area contributed by atoms with Crippen molar-refractivity contribution in [1.82, 2.24) is 5.32 Å². The van der Waals surface area contributed by atoms with Crippen molar-refractivity contribution in [3.05, 3.63) is 22.6 Å². The van der Waals surface area contributed by atoms with Gasteiger partial charge in [0.2, 0.25) is 0 Å². The lowest BCUT2D eigenvalue weighted by Gasteiger charge is -2.33. The lowest BCUT2D eigenvalue weighted by molar-refractivity contribution is 0.200. The van der Waals surface area contributed by atoms with E-state index in [0.717, 1.165) is 28.6 Å². The summed E-state index contributed by atoms with van der Waals surface area (Å²) in [5.74, 6) is 2.76. The summed E-state index contributed by atoms with van der Waals surface area (Å²) in [6, 6.07) is 2.37. The van der Waals surface area contributed by atoms with Crippen LogP contribution in [0.1, 0.15) is 64.2 Å². The minimum atomic E-state index is 0.372. The number of rotatable bonds is 6. The second kappa shape index (κ2) is 7.49. The highest BCUT2D eigenvalue weighted by atomic mass is 79.9. The maximum Gasteiger partial charge on any atom is 0.135 e. The number of furan rings is 1. The van der Waals surface area contributed by atoms with Crippen molar-refractivity contribution in [2.24, 2.45) is 11.8 Å². The van der Waals surface area contributed by atoms with E-state index >= 15 is 0 Å². The molecule has 2 rings (SSSR count). The predicted molar refractivity (Wildman–Crippen MR) is 83.2 cm³/mol. The molecule has 0 amide bonds. The van der Waals surface area contributed by atoms with Crippen LogP contribution in [0.15, 0.2) is 21.2 Å². The molecule has 1 aromatic rings. The third-order valence-corrected chi connectivity index (χ3v) is 5.07. The van der Waals surface area contributed by atoms with Crippen molar-refractivity contribution in [3.8, 4) is 0 Å². The molecular weight excluding hydrogens is 302 g/mol. The first kappa shape index (κ1) is 15.1. The van der Waals surface area contributed by atoms with Gasteiger partial charge in [0.05, 0.1) is 16.8 Å². The minimum Gasteiger partial charge on any atom is -0.466 e. The summed E-state index contributed by atoms with van der Waals surface area (Å²) in [6.07, 6.45) is 9.95. The number of hydrogen-bond donors (Lipinski definition) is 1. The van der Waals surface area contributed by atoms with Gasteiger partial charge in [-0.25, -0.2) is 0 Å². The van der Waals surface area contributed by atoms with E-state index in [2.05, 4.69) is 35.1 Å². The summed E-state index contributed by atoms with van der Waals surface area (Å²) in [7, 11) is 0. The van der Waals surface area contributed by atoms with Gasteiger partial charge in [-0.05, 0) is 53.2 Å². The molecule has 0 saturated heterocycles. The largest absolute Gasteiger partial charge is 0.466 e. The van der Waals surface area contributed by atoms with Gasteiger partial charge in [-0.3, -0.25) is 0 Å². The zero-order valence-electron chi connectivity index (χ0n) is 12.1. The first-order chi connectivity index (χ1) is 9.26. The molecule has 0 radical (unpaired) electrons. The Hall–Kier alpha value is -0.280. The minimum absolute atomic E-state index is 0.372. The molecule has 1 aliphatic carbocycles. The summed E-state index contributed by atoms with van der Waals surface area (Å²) in [6.45, 7) is 5.47. The standard InChI is InChI=1S/C16H26BrNO/c1-3-5-12-6-8-13(9-7-12)15(18-4-2)16-14(17)10-11-19-16/h10-13,15,18H,3-9H2,1-2H3. The molecule has 1 heterocycles. The Morgan fingerprint density at radius 1 is 1.32 bits per heavy atom. The third kappa shape index (κ3) is 3.85. The maximum atomic E-state index is 5.70. The van der Waals surface area contributed by atoms with Gasteiger partial charge in [-0.2, -0.15) is 0 Å². The van der Waals surface area contributed by atoms with Crippen LogP contribution in [-0.2, 0) is 0 Å². The van der Waals surface area contributed by atoms with Crippen molar-refractivity contribution in [3.63, 3.8) is 0 Å². The summed E-state index contributed by atoms with van der Waals surface area (Å²) in [5, 5.41) is 3.62. The van der Waals surface area contributed by atoms with Gasteiger partial charge in [-0.15, -0.1) is 0 Å². The fraction of sp³-hybridized carbons (Fsp3) is 0.750. The first-order valence-corrected chi connectivity index (χ1v) is 8.51. The highest BCUT2D eigenvalue weighted by molar-refractivity contribution is 9.10. The Kier molecular flexibility index (Phi) is 5.96. The maximum absolute atomic E-state index is 5.70. The van der Waals surface area contributed by atoms with Gasteiger partial charge in [0.15, 0.2) is 0 Å². The quantitative estimate of drug-likeness (QED) is 0.766. The van der Waals surface area contributed by atoms with Crippen LogP contribution < -0.4 is 5.32 Å². The molecule has 0 aliphatic heterocycles. The zero-order valence-corrected chi connectivity index (χ0v) is 13.7. The van der Waals surface area contributed by atoms with Gasteiger partial charge in [-0.1, -0.05) is 39.5 Å². The molecule has 1 aromatic heterocycles. The molecule has 1 fully saturated rings. The van der Waals surface area contributed by atoms with E-state index in [1.165, 1.54) is 38.5 Å². The van der Waals surface area contributed by atoms with Crippen LogP contribution in [-0.4, -0.2) is 6.54 Å². The van der Waals surface area contributed by atoms with Crippen molar-refractivity contribution in [2.45, 2.75) is 58.4 Å². The lowest BCUT2D eigenvalue weighted by Crippen LogP contribution is -2.31. The van der Waals surface area contributed by atoms with Gasteiger partial charge in [0.1, 0.15) is 5.76 Å². The Bertz CT molecular complexity index is 369. The number of hydrogen-bond acceptors (Lipinski definition) is 2. The van der Waals surface area contributed by atoms with Gasteiger partial charge in [0.25, 0.3) is 0 Å². The van der Waals surface area contributed by atoms with Gasteiger partial charge < -0.3 is 9.73 Å². The Balaban J connectivity index is 1.99. The summed E-state index contributed by atoms with van der Waals surface area (Å²) in [4.78, 5) is 0. The first-order valence-electron chi connectivity index (χ1n) is 7.72. The van der Waals surface area contributed by atoms with E-state index in [1.807, 2.05) is 6.07 Å². The molecule has 1 saturated carbocycles. The van der Waals surface area contributed by atoms with Crippen LogP contribution in [0.5, 0.6) is 0 Å². The summed E-state index contributed by atoms with van der Waals surface area (Å²) >= 11 is 3.61. The third-order valence-electron chi connectivity index (χ3n) is 4.41.